The molecule has 126 valence electrons. The Morgan fingerprint density at radius 1 is 1.00 bits per heavy atom. The first-order valence-electron chi connectivity index (χ1n) is 7.86. The standard InChI is InChI=1S/C19H17N3O3/c1-23-13-7-5-6-12(10-13)17-21-16-9-4-3-8-14(16)15-11-20-19(24-2)22-18(15)25-17/h3-11,17,21H,1-2H3. The maximum Gasteiger partial charge on any atom is 0.319 e. The molecule has 6 nitrogen and oxygen atoms in total. The predicted molar refractivity (Wildman–Crippen MR) is 94.0 cm³/mol. The number of nitrogens with one attached hydrogen (secondary N) is 1. The van der Waals surface area contributed by atoms with Gasteiger partial charge >= 0.3 is 6.01 Å². The molecule has 1 unspecified atom stereocenters. The van der Waals surface area contributed by atoms with Gasteiger partial charge in [0, 0.05) is 23.0 Å². The maximum atomic E-state index is 6.17. The fraction of sp³-hybridized carbons (Fsp3) is 0.158. The Hall–Kier alpha value is -3.28. The van der Waals surface area contributed by atoms with E-state index in [9.17, 15) is 0 Å². The van der Waals surface area contributed by atoms with Gasteiger partial charge < -0.3 is 19.5 Å². The van der Waals surface area contributed by atoms with Gasteiger partial charge in [0.1, 0.15) is 5.75 Å². The Kier molecular flexibility index (Phi) is 3.85. The van der Waals surface area contributed by atoms with Crippen LogP contribution in [0.3, 0.4) is 0 Å². The molecule has 2 heterocycles. The zero-order chi connectivity index (χ0) is 17.2. The molecule has 4 rings (SSSR count). The molecule has 1 atom stereocenters. The molecule has 25 heavy (non-hydrogen) atoms. The molecule has 0 saturated heterocycles. The molecular formula is C19H17N3O3. The molecule has 0 aliphatic carbocycles. The van der Waals surface area contributed by atoms with E-state index in [4.69, 9.17) is 14.2 Å². The van der Waals surface area contributed by atoms with Crippen molar-refractivity contribution in [3.8, 4) is 28.8 Å². The lowest BCUT2D eigenvalue weighted by Crippen LogP contribution is -2.17. The first-order valence-corrected chi connectivity index (χ1v) is 7.86. The molecule has 1 aliphatic rings. The summed E-state index contributed by atoms with van der Waals surface area (Å²) < 4.78 is 16.6. The van der Waals surface area contributed by atoms with E-state index in [0.717, 1.165) is 28.1 Å². The summed E-state index contributed by atoms with van der Waals surface area (Å²) in [6.45, 7) is 0. The number of nitrogens with zero attached hydrogens (tertiary/aromatic N) is 2. The number of ether oxygens (including phenoxy) is 3. The van der Waals surface area contributed by atoms with Crippen molar-refractivity contribution in [2.75, 3.05) is 19.5 Å². The van der Waals surface area contributed by atoms with E-state index < -0.39 is 6.23 Å². The minimum Gasteiger partial charge on any atom is -0.497 e. The summed E-state index contributed by atoms with van der Waals surface area (Å²) in [5.74, 6) is 1.23. The zero-order valence-electron chi connectivity index (χ0n) is 13.9. The molecule has 2 aromatic carbocycles. The number of benzene rings is 2. The lowest BCUT2D eigenvalue weighted by atomic mass is 10.1. The number of aromatic nitrogens is 2. The Labute approximate surface area is 145 Å². The molecule has 1 aliphatic heterocycles. The summed E-state index contributed by atoms with van der Waals surface area (Å²) in [5.41, 5.74) is 3.67. The monoisotopic (exact) mass is 335 g/mol. The van der Waals surface area contributed by atoms with Crippen molar-refractivity contribution in [3.05, 3.63) is 60.3 Å². The second-order valence-corrected chi connectivity index (χ2v) is 5.54. The first-order chi connectivity index (χ1) is 12.3. The van der Waals surface area contributed by atoms with Crippen LogP contribution in [0.5, 0.6) is 17.6 Å². The highest BCUT2D eigenvalue weighted by molar-refractivity contribution is 5.81. The molecule has 0 amide bonds. The predicted octanol–water partition coefficient (Wildman–Crippen LogP) is 3.66. The fourth-order valence-corrected chi connectivity index (χ4v) is 2.81. The molecule has 0 radical (unpaired) electrons. The SMILES string of the molecule is COc1cccc(C2Nc3ccccc3-c3cnc(OC)nc3O2)c1. The highest BCUT2D eigenvalue weighted by Crippen LogP contribution is 2.40. The van der Waals surface area contributed by atoms with Crippen LogP contribution in [0.4, 0.5) is 5.69 Å². The minimum atomic E-state index is -0.419. The summed E-state index contributed by atoms with van der Waals surface area (Å²) in [5, 5.41) is 3.43. The van der Waals surface area contributed by atoms with Crippen molar-refractivity contribution < 1.29 is 14.2 Å². The number of anilines is 1. The number of hydrogen-bond donors (Lipinski definition) is 1. The van der Waals surface area contributed by atoms with Crippen LogP contribution in [0.15, 0.2) is 54.7 Å². The second kappa shape index (κ2) is 6.32. The van der Waals surface area contributed by atoms with Crippen LogP contribution in [0, 0.1) is 0 Å². The van der Waals surface area contributed by atoms with E-state index in [0.29, 0.717) is 5.88 Å². The van der Waals surface area contributed by atoms with Crippen molar-refractivity contribution in [2.24, 2.45) is 0 Å². The summed E-state index contributed by atoms with van der Waals surface area (Å²) >= 11 is 0. The molecule has 6 heteroatoms. The fourth-order valence-electron chi connectivity index (χ4n) is 2.81. The third-order valence-electron chi connectivity index (χ3n) is 4.04. The summed E-state index contributed by atoms with van der Waals surface area (Å²) in [4.78, 5) is 8.60. The summed E-state index contributed by atoms with van der Waals surface area (Å²) in [7, 11) is 3.17. The van der Waals surface area contributed by atoms with Crippen LogP contribution in [0.25, 0.3) is 11.1 Å². The van der Waals surface area contributed by atoms with E-state index in [1.165, 1.54) is 7.11 Å². The van der Waals surface area contributed by atoms with Gasteiger partial charge in [-0.1, -0.05) is 30.3 Å². The third-order valence-corrected chi connectivity index (χ3v) is 4.04. The molecule has 0 fully saturated rings. The van der Waals surface area contributed by atoms with Gasteiger partial charge in [-0.3, -0.25) is 0 Å². The van der Waals surface area contributed by atoms with Crippen LogP contribution in [-0.4, -0.2) is 24.2 Å². The highest BCUT2D eigenvalue weighted by Gasteiger charge is 2.25. The van der Waals surface area contributed by atoms with E-state index >= 15 is 0 Å². The van der Waals surface area contributed by atoms with Crippen molar-refractivity contribution in [1.29, 1.82) is 0 Å². The van der Waals surface area contributed by atoms with E-state index in [2.05, 4.69) is 15.3 Å². The van der Waals surface area contributed by atoms with Crippen LogP contribution in [0.2, 0.25) is 0 Å². The van der Waals surface area contributed by atoms with Crippen molar-refractivity contribution in [2.45, 2.75) is 6.23 Å². The van der Waals surface area contributed by atoms with E-state index in [-0.39, 0.29) is 6.01 Å². The zero-order valence-corrected chi connectivity index (χ0v) is 13.9. The lowest BCUT2D eigenvalue weighted by molar-refractivity contribution is 0.224. The normalized spacial score (nSPS) is 15.0. The number of rotatable bonds is 3. The topological polar surface area (TPSA) is 65.5 Å². The molecule has 3 aromatic rings. The molecule has 0 saturated carbocycles. The van der Waals surface area contributed by atoms with Crippen LogP contribution >= 0.6 is 0 Å². The quantitative estimate of drug-likeness (QED) is 0.788. The van der Waals surface area contributed by atoms with Gasteiger partial charge in [0.2, 0.25) is 5.88 Å². The van der Waals surface area contributed by atoms with Gasteiger partial charge in [-0.15, -0.1) is 0 Å². The molecular weight excluding hydrogens is 318 g/mol. The molecule has 0 bridgehead atoms. The largest absolute Gasteiger partial charge is 0.497 e. The Balaban J connectivity index is 1.84. The van der Waals surface area contributed by atoms with Gasteiger partial charge in [-0.05, 0) is 18.2 Å². The van der Waals surface area contributed by atoms with Gasteiger partial charge in [-0.2, -0.15) is 4.98 Å². The molecule has 0 spiro atoms. The number of fused-ring (bicyclic) bond motifs is 3. The Morgan fingerprint density at radius 2 is 1.88 bits per heavy atom. The lowest BCUT2D eigenvalue weighted by Gasteiger charge is -2.19. The Bertz CT molecular complexity index is 914. The highest BCUT2D eigenvalue weighted by atomic mass is 16.5. The second-order valence-electron chi connectivity index (χ2n) is 5.54. The van der Waals surface area contributed by atoms with Gasteiger partial charge in [0.15, 0.2) is 6.23 Å². The summed E-state index contributed by atoms with van der Waals surface area (Å²) in [6.07, 6.45) is 1.30. The average molecular weight is 335 g/mol. The van der Waals surface area contributed by atoms with Crippen LogP contribution in [0.1, 0.15) is 11.8 Å². The average Bonchev–Trinajstić information content (AvgIpc) is 2.84. The van der Waals surface area contributed by atoms with Crippen molar-refractivity contribution >= 4 is 5.69 Å². The molecule has 1 N–H and O–H groups in total. The van der Waals surface area contributed by atoms with Crippen LogP contribution < -0.4 is 19.5 Å². The smallest absolute Gasteiger partial charge is 0.319 e. The minimum absolute atomic E-state index is 0.266. The van der Waals surface area contributed by atoms with E-state index in [1.807, 2.05) is 48.5 Å². The van der Waals surface area contributed by atoms with Gasteiger partial charge in [0.25, 0.3) is 0 Å². The third kappa shape index (κ3) is 2.82. The van der Waals surface area contributed by atoms with Crippen molar-refractivity contribution in [3.63, 3.8) is 0 Å². The summed E-state index contributed by atoms with van der Waals surface area (Å²) in [6, 6.07) is 16.0. The van der Waals surface area contributed by atoms with E-state index in [1.54, 1.807) is 13.3 Å². The number of para-hydroxylation sites is 1. The van der Waals surface area contributed by atoms with Crippen LogP contribution in [-0.2, 0) is 0 Å². The number of methoxy groups -OCH3 is 2. The first kappa shape index (κ1) is 15.3. The van der Waals surface area contributed by atoms with Gasteiger partial charge in [0.05, 0.1) is 19.8 Å². The maximum absolute atomic E-state index is 6.17. The Morgan fingerprint density at radius 3 is 2.72 bits per heavy atom. The molecule has 1 aromatic heterocycles. The van der Waals surface area contributed by atoms with Crippen molar-refractivity contribution in [1.82, 2.24) is 9.97 Å². The van der Waals surface area contributed by atoms with Gasteiger partial charge in [-0.25, -0.2) is 4.98 Å². The number of hydrogen-bond acceptors (Lipinski definition) is 6.